The van der Waals surface area contributed by atoms with Gasteiger partial charge in [0.15, 0.2) is 5.82 Å². The van der Waals surface area contributed by atoms with Gasteiger partial charge in [0.1, 0.15) is 5.69 Å². The van der Waals surface area contributed by atoms with Crippen molar-refractivity contribution in [1.29, 1.82) is 0 Å². The van der Waals surface area contributed by atoms with Crippen LogP contribution in [-0.4, -0.2) is 14.8 Å². The smallest absolute Gasteiger partial charge is 0.269 e. The topological polar surface area (TPSA) is 30.7 Å². The fourth-order valence-corrected chi connectivity index (χ4v) is 2.86. The van der Waals surface area contributed by atoms with Gasteiger partial charge in [-0.25, -0.2) is 18.2 Å². The van der Waals surface area contributed by atoms with Crippen LogP contribution in [0.15, 0.2) is 18.3 Å². The number of rotatable bonds is 4. The van der Waals surface area contributed by atoms with E-state index in [4.69, 9.17) is 0 Å². The lowest BCUT2D eigenvalue weighted by Crippen LogP contribution is -2.17. The van der Waals surface area contributed by atoms with Crippen LogP contribution in [0, 0.1) is 5.82 Å². The molecule has 2 saturated carbocycles. The molecule has 116 valence electrons. The predicted octanol–water partition coefficient (Wildman–Crippen LogP) is 4.62. The molecule has 3 nitrogen and oxygen atoms in total. The first kappa shape index (κ1) is 13.8. The largest absolute Gasteiger partial charge is 0.283 e. The molecule has 2 aromatic rings. The van der Waals surface area contributed by atoms with E-state index in [1.807, 2.05) is 10.9 Å². The Kier molecular flexibility index (Phi) is 3.20. The lowest BCUT2D eigenvalue weighted by Gasteiger charge is -2.25. The monoisotopic (exact) mass is 307 g/mol. The fraction of sp³-hybridized carbons (Fsp3) is 0.500. The lowest BCUT2D eigenvalue weighted by molar-refractivity contribution is 0.140. The minimum atomic E-state index is -2.91. The second-order valence-corrected chi connectivity index (χ2v) is 6.13. The van der Waals surface area contributed by atoms with E-state index in [0.717, 1.165) is 43.0 Å². The fourth-order valence-electron chi connectivity index (χ4n) is 2.86. The highest BCUT2D eigenvalue weighted by atomic mass is 19.3. The van der Waals surface area contributed by atoms with Gasteiger partial charge < -0.3 is 0 Å². The van der Waals surface area contributed by atoms with Gasteiger partial charge in [-0.1, -0.05) is 0 Å². The SMILES string of the molecule is Fc1ccc(-c2cn(C3CCC3)nc2C2CC2)nc1C(F)F. The quantitative estimate of drug-likeness (QED) is 0.825. The number of hydrogen-bond donors (Lipinski definition) is 0. The van der Waals surface area contributed by atoms with Gasteiger partial charge in [0.05, 0.1) is 17.4 Å². The Hall–Kier alpha value is -1.85. The molecule has 2 aromatic heterocycles. The summed E-state index contributed by atoms with van der Waals surface area (Å²) in [6.45, 7) is 0. The zero-order valence-electron chi connectivity index (χ0n) is 12.0. The van der Waals surface area contributed by atoms with Crippen LogP contribution in [0.2, 0.25) is 0 Å². The molecule has 0 saturated heterocycles. The third kappa shape index (κ3) is 2.30. The summed E-state index contributed by atoms with van der Waals surface area (Å²) in [5, 5.41) is 4.66. The Balaban J connectivity index is 1.77. The second-order valence-electron chi connectivity index (χ2n) is 6.13. The van der Waals surface area contributed by atoms with Gasteiger partial charge >= 0.3 is 0 Å². The van der Waals surface area contributed by atoms with E-state index < -0.39 is 17.9 Å². The molecule has 2 heterocycles. The van der Waals surface area contributed by atoms with Crippen molar-refractivity contribution in [2.24, 2.45) is 0 Å². The maximum absolute atomic E-state index is 13.4. The first-order valence-corrected chi connectivity index (χ1v) is 7.67. The zero-order chi connectivity index (χ0) is 15.3. The van der Waals surface area contributed by atoms with Crippen molar-refractivity contribution < 1.29 is 13.2 Å². The van der Waals surface area contributed by atoms with Crippen molar-refractivity contribution in [3.8, 4) is 11.3 Å². The maximum Gasteiger partial charge on any atom is 0.283 e. The standard InChI is InChI=1S/C16H16F3N3/c17-12-6-7-13(20-15(12)16(18)19)11-8-22(10-2-1-3-10)21-14(11)9-4-5-9/h6-10,16H,1-5H2. The van der Waals surface area contributed by atoms with Crippen molar-refractivity contribution in [3.63, 3.8) is 0 Å². The molecular formula is C16H16F3N3. The first-order valence-electron chi connectivity index (χ1n) is 7.67. The predicted molar refractivity (Wildman–Crippen MR) is 75.2 cm³/mol. The molecule has 0 N–H and O–H groups in total. The molecule has 0 radical (unpaired) electrons. The summed E-state index contributed by atoms with van der Waals surface area (Å²) in [5.74, 6) is -0.573. The van der Waals surface area contributed by atoms with Gasteiger partial charge in [-0.05, 0) is 44.2 Å². The van der Waals surface area contributed by atoms with Crippen molar-refractivity contribution in [3.05, 3.63) is 35.5 Å². The minimum Gasteiger partial charge on any atom is -0.269 e. The second kappa shape index (κ2) is 5.11. The van der Waals surface area contributed by atoms with E-state index in [1.54, 1.807) is 0 Å². The number of pyridine rings is 1. The van der Waals surface area contributed by atoms with Gasteiger partial charge in [0.2, 0.25) is 0 Å². The summed E-state index contributed by atoms with van der Waals surface area (Å²) < 4.78 is 41.1. The molecule has 0 spiro atoms. The lowest BCUT2D eigenvalue weighted by atomic mass is 9.93. The summed E-state index contributed by atoms with van der Waals surface area (Å²) >= 11 is 0. The zero-order valence-corrected chi connectivity index (χ0v) is 12.0. The average molecular weight is 307 g/mol. The summed E-state index contributed by atoms with van der Waals surface area (Å²) in [6, 6.07) is 2.94. The molecule has 0 unspecified atom stereocenters. The summed E-state index contributed by atoms with van der Waals surface area (Å²) in [6.07, 6.45) is 4.52. The van der Waals surface area contributed by atoms with Gasteiger partial charge in [-0.3, -0.25) is 4.68 Å². The van der Waals surface area contributed by atoms with E-state index in [9.17, 15) is 13.2 Å². The first-order chi connectivity index (χ1) is 10.6. The van der Waals surface area contributed by atoms with Crippen LogP contribution in [0.4, 0.5) is 13.2 Å². The molecular weight excluding hydrogens is 291 g/mol. The maximum atomic E-state index is 13.4. The molecule has 2 aliphatic carbocycles. The third-order valence-corrected chi connectivity index (χ3v) is 4.53. The van der Waals surface area contributed by atoms with Crippen LogP contribution >= 0.6 is 0 Å². The highest BCUT2D eigenvalue weighted by Gasteiger charge is 2.32. The summed E-state index contributed by atoms with van der Waals surface area (Å²) in [7, 11) is 0. The molecule has 0 aliphatic heterocycles. The van der Waals surface area contributed by atoms with Crippen LogP contribution in [0.5, 0.6) is 0 Å². The number of aromatic nitrogens is 3. The van der Waals surface area contributed by atoms with Crippen LogP contribution in [0.25, 0.3) is 11.3 Å². The highest BCUT2D eigenvalue weighted by Crippen LogP contribution is 2.44. The van der Waals surface area contributed by atoms with Crippen LogP contribution in [-0.2, 0) is 0 Å². The van der Waals surface area contributed by atoms with E-state index in [2.05, 4.69) is 10.1 Å². The Morgan fingerprint density at radius 3 is 2.50 bits per heavy atom. The Morgan fingerprint density at radius 2 is 1.91 bits per heavy atom. The minimum absolute atomic E-state index is 0.387. The molecule has 2 aliphatic rings. The summed E-state index contributed by atoms with van der Waals surface area (Å²) in [4.78, 5) is 3.85. The van der Waals surface area contributed by atoms with Gasteiger partial charge in [0, 0.05) is 17.7 Å². The van der Waals surface area contributed by atoms with Crippen LogP contribution in [0.3, 0.4) is 0 Å². The number of alkyl halides is 2. The Morgan fingerprint density at radius 1 is 1.14 bits per heavy atom. The average Bonchev–Trinajstić information content (AvgIpc) is 3.18. The van der Waals surface area contributed by atoms with Crippen LogP contribution in [0.1, 0.15) is 61.9 Å². The van der Waals surface area contributed by atoms with Crippen LogP contribution < -0.4 is 0 Å². The molecule has 6 heteroatoms. The van der Waals surface area contributed by atoms with E-state index in [0.29, 0.717) is 17.7 Å². The van der Waals surface area contributed by atoms with Crippen molar-refractivity contribution >= 4 is 0 Å². The molecule has 22 heavy (non-hydrogen) atoms. The molecule has 0 atom stereocenters. The number of halogens is 3. The summed E-state index contributed by atoms with van der Waals surface area (Å²) in [5.41, 5.74) is 1.31. The Labute approximate surface area is 126 Å². The molecule has 0 bridgehead atoms. The van der Waals surface area contributed by atoms with Crippen molar-refractivity contribution in [1.82, 2.24) is 14.8 Å². The normalized spacial score (nSPS) is 18.7. The van der Waals surface area contributed by atoms with E-state index in [-0.39, 0.29) is 0 Å². The molecule has 0 amide bonds. The van der Waals surface area contributed by atoms with Crippen molar-refractivity contribution in [2.45, 2.75) is 50.5 Å². The van der Waals surface area contributed by atoms with E-state index >= 15 is 0 Å². The molecule has 4 rings (SSSR count). The van der Waals surface area contributed by atoms with Gasteiger partial charge in [-0.2, -0.15) is 5.10 Å². The highest BCUT2D eigenvalue weighted by molar-refractivity contribution is 5.63. The van der Waals surface area contributed by atoms with Gasteiger partial charge in [0.25, 0.3) is 6.43 Å². The van der Waals surface area contributed by atoms with E-state index in [1.165, 1.54) is 12.5 Å². The third-order valence-electron chi connectivity index (χ3n) is 4.53. The number of nitrogens with zero attached hydrogens (tertiary/aromatic N) is 3. The number of hydrogen-bond acceptors (Lipinski definition) is 2. The van der Waals surface area contributed by atoms with Crippen molar-refractivity contribution in [2.75, 3.05) is 0 Å². The molecule has 0 aromatic carbocycles. The molecule has 2 fully saturated rings. The van der Waals surface area contributed by atoms with Gasteiger partial charge in [-0.15, -0.1) is 0 Å². The Bertz CT molecular complexity index is 703.